The highest BCUT2D eigenvalue weighted by molar-refractivity contribution is 5.80. The molecule has 1 heterocycles. The fourth-order valence-corrected chi connectivity index (χ4v) is 7.57. The Kier molecular flexibility index (Phi) is 34.9. The third-order valence-electron chi connectivity index (χ3n) is 11.5. The van der Waals surface area contributed by atoms with Crippen LogP contribution in [0.1, 0.15) is 213 Å². The van der Waals surface area contributed by atoms with Crippen LogP contribution >= 0.6 is 0 Å². The minimum absolute atomic E-state index is 0.255. The molecule has 56 heavy (non-hydrogen) atoms. The van der Waals surface area contributed by atoms with Gasteiger partial charge in [-0.3, -0.25) is 4.79 Å². The first kappa shape index (κ1) is 52.9. The van der Waals surface area contributed by atoms with Crippen LogP contribution in [0.25, 0.3) is 0 Å². The van der Waals surface area contributed by atoms with E-state index in [2.05, 4.69) is 31.3 Å². The fraction of sp³-hybridized carbons (Fsp3) is 0.935. The van der Waals surface area contributed by atoms with Gasteiger partial charge in [0.1, 0.15) is 30.5 Å². The highest BCUT2D eigenvalue weighted by atomic mass is 16.7. The summed E-state index contributed by atoms with van der Waals surface area (Å²) >= 11 is 0. The SMILES string of the molecule is CCCCCCCCCCC/C=C\CCCCCCCCC(O)C(=O)NC(COC1OC(CO)C(O)C(O)C1O)C(O)CCCCCCCCCCCCCC. The van der Waals surface area contributed by atoms with Crippen LogP contribution in [0, 0.1) is 0 Å². The number of carbonyl (C=O) groups excluding carboxylic acids is 1. The molecule has 0 aromatic rings. The number of unbranched alkanes of at least 4 members (excludes halogenated alkanes) is 26. The highest BCUT2D eigenvalue weighted by Gasteiger charge is 2.44. The van der Waals surface area contributed by atoms with Gasteiger partial charge in [0.2, 0.25) is 5.91 Å². The van der Waals surface area contributed by atoms with E-state index in [1.54, 1.807) is 0 Å². The normalized spacial score (nSPS) is 21.8. The zero-order valence-corrected chi connectivity index (χ0v) is 36.0. The molecule has 0 saturated carbocycles. The molecule has 332 valence electrons. The van der Waals surface area contributed by atoms with Gasteiger partial charge in [0, 0.05) is 0 Å². The molecule has 8 atom stereocenters. The largest absolute Gasteiger partial charge is 0.394 e. The molecule has 8 unspecified atom stereocenters. The molecule has 10 nitrogen and oxygen atoms in total. The fourth-order valence-electron chi connectivity index (χ4n) is 7.57. The van der Waals surface area contributed by atoms with E-state index in [0.29, 0.717) is 12.8 Å². The summed E-state index contributed by atoms with van der Waals surface area (Å²) in [5, 5.41) is 64.8. The van der Waals surface area contributed by atoms with Crippen LogP contribution < -0.4 is 5.32 Å². The van der Waals surface area contributed by atoms with Crippen molar-refractivity contribution >= 4 is 5.91 Å². The summed E-state index contributed by atoms with van der Waals surface area (Å²) in [7, 11) is 0. The molecule has 1 rings (SSSR count). The van der Waals surface area contributed by atoms with Crippen LogP contribution in [0.4, 0.5) is 0 Å². The molecule has 7 N–H and O–H groups in total. The maximum absolute atomic E-state index is 13.0. The van der Waals surface area contributed by atoms with E-state index in [4.69, 9.17) is 9.47 Å². The molecule has 0 aromatic heterocycles. The monoisotopic (exact) mass is 800 g/mol. The Balaban J connectivity index is 2.35. The Hall–Kier alpha value is -1.11. The number of amides is 1. The van der Waals surface area contributed by atoms with Gasteiger partial charge in [-0.1, -0.05) is 187 Å². The van der Waals surface area contributed by atoms with Crippen LogP contribution in [-0.4, -0.2) is 98.7 Å². The summed E-state index contributed by atoms with van der Waals surface area (Å²) in [5.41, 5.74) is 0. The quantitative estimate of drug-likeness (QED) is 0.0238. The van der Waals surface area contributed by atoms with Crippen molar-refractivity contribution in [3.8, 4) is 0 Å². The Labute approximate surface area is 342 Å². The highest BCUT2D eigenvalue weighted by Crippen LogP contribution is 2.23. The first-order valence-electron chi connectivity index (χ1n) is 23.5. The summed E-state index contributed by atoms with van der Waals surface area (Å²) in [4.78, 5) is 13.0. The second-order valence-electron chi connectivity index (χ2n) is 16.7. The minimum Gasteiger partial charge on any atom is -0.394 e. The van der Waals surface area contributed by atoms with E-state index in [1.807, 2.05) is 0 Å². The molecule has 1 aliphatic rings. The summed E-state index contributed by atoms with van der Waals surface area (Å²) in [6, 6.07) is -0.892. The van der Waals surface area contributed by atoms with Gasteiger partial charge in [-0.15, -0.1) is 0 Å². The van der Waals surface area contributed by atoms with Crippen molar-refractivity contribution in [3.63, 3.8) is 0 Å². The molecule has 0 aliphatic carbocycles. The molecule has 10 heteroatoms. The Morgan fingerprint density at radius 1 is 0.589 bits per heavy atom. The number of nitrogens with one attached hydrogen (secondary N) is 1. The van der Waals surface area contributed by atoms with Crippen molar-refractivity contribution in [2.75, 3.05) is 13.2 Å². The molecular weight excluding hydrogens is 711 g/mol. The predicted molar refractivity (Wildman–Crippen MR) is 227 cm³/mol. The van der Waals surface area contributed by atoms with Crippen molar-refractivity contribution in [2.45, 2.75) is 262 Å². The van der Waals surface area contributed by atoms with Gasteiger partial charge in [-0.05, 0) is 38.5 Å². The maximum atomic E-state index is 13.0. The number of rotatable bonds is 39. The summed E-state index contributed by atoms with van der Waals surface area (Å²) in [6.45, 7) is 3.66. The van der Waals surface area contributed by atoms with E-state index in [1.165, 1.54) is 128 Å². The van der Waals surface area contributed by atoms with Gasteiger partial charge in [0.05, 0.1) is 25.4 Å². The average molecular weight is 800 g/mol. The van der Waals surface area contributed by atoms with E-state index < -0.39 is 61.5 Å². The second kappa shape index (κ2) is 36.9. The van der Waals surface area contributed by atoms with Crippen molar-refractivity contribution in [1.82, 2.24) is 5.32 Å². The average Bonchev–Trinajstić information content (AvgIpc) is 3.20. The number of aliphatic hydroxyl groups excluding tert-OH is 6. The second-order valence-corrected chi connectivity index (χ2v) is 16.7. The van der Waals surface area contributed by atoms with Crippen LogP contribution in [-0.2, 0) is 14.3 Å². The zero-order chi connectivity index (χ0) is 41.1. The molecule has 1 saturated heterocycles. The zero-order valence-electron chi connectivity index (χ0n) is 36.0. The molecule has 1 amide bonds. The molecule has 0 spiro atoms. The minimum atomic E-state index is -1.59. The van der Waals surface area contributed by atoms with Crippen molar-refractivity contribution < 1.29 is 44.9 Å². The maximum Gasteiger partial charge on any atom is 0.249 e. The lowest BCUT2D eigenvalue weighted by molar-refractivity contribution is -0.302. The Morgan fingerprint density at radius 2 is 1.00 bits per heavy atom. The number of ether oxygens (including phenoxy) is 2. The number of hydrogen-bond acceptors (Lipinski definition) is 9. The third-order valence-corrected chi connectivity index (χ3v) is 11.5. The number of aliphatic hydroxyl groups is 6. The lowest BCUT2D eigenvalue weighted by Gasteiger charge is -2.40. The standard InChI is InChI=1S/C46H89NO9/c1-3-5-7-9-11-13-15-17-18-19-20-21-22-23-25-27-29-31-33-35-40(50)45(54)47-38(37-55-46-44(53)43(52)42(51)41(36-48)56-46)39(49)34-32-30-28-26-24-16-14-12-10-8-6-4-2/h20-21,38-44,46,48-53H,3-19,22-37H2,1-2H3,(H,47,54)/b21-20-. The number of carbonyl (C=O) groups is 1. The Morgan fingerprint density at radius 3 is 1.45 bits per heavy atom. The van der Waals surface area contributed by atoms with Gasteiger partial charge in [0.25, 0.3) is 0 Å². The first-order valence-corrected chi connectivity index (χ1v) is 23.5. The topological polar surface area (TPSA) is 169 Å². The molecular formula is C46H89NO9. The van der Waals surface area contributed by atoms with Gasteiger partial charge in [-0.2, -0.15) is 0 Å². The third kappa shape index (κ3) is 26.8. The molecule has 1 aliphatic heterocycles. The first-order chi connectivity index (χ1) is 27.3. The van der Waals surface area contributed by atoms with Gasteiger partial charge >= 0.3 is 0 Å². The molecule has 0 radical (unpaired) electrons. The van der Waals surface area contributed by atoms with Crippen LogP contribution in [0.15, 0.2) is 12.2 Å². The van der Waals surface area contributed by atoms with Crippen molar-refractivity contribution in [3.05, 3.63) is 12.2 Å². The van der Waals surface area contributed by atoms with Gasteiger partial charge < -0.3 is 45.4 Å². The van der Waals surface area contributed by atoms with Gasteiger partial charge in [0.15, 0.2) is 6.29 Å². The molecule has 0 aromatic carbocycles. The summed E-state index contributed by atoms with van der Waals surface area (Å²) in [6.07, 6.45) is 31.2. The number of allylic oxidation sites excluding steroid dienone is 2. The molecule has 1 fully saturated rings. The van der Waals surface area contributed by atoms with E-state index in [-0.39, 0.29) is 6.61 Å². The molecule has 0 bridgehead atoms. The van der Waals surface area contributed by atoms with Crippen molar-refractivity contribution in [1.29, 1.82) is 0 Å². The smallest absolute Gasteiger partial charge is 0.249 e. The van der Waals surface area contributed by atoms with Crippen LogP contribution in [0.3, 0.4) is 0 Å². The Bertz CT molecular complexity index is 906. The van der Waals surface area contributed by atoms with Crippen molar-refractivity contribution in [2.24, 2.45) is 0 Å². The van der Waals surface area contributed by atoms with E-state index in [9.17, 15) is 35.4 Å². The predicted octanol–water partition coefficient (Wildman–Crippen LogP) is 8.70. The van der Waals surface area contributed by atoms with Crippen LogP contribution in [0.2, 0.25) is 0 Å². The van der Waals surface area contributed by atoms with E-state index in [0.717, 1.165) is 57.8 Å². The number of hydrogen-bond donors (Lipinski definition) is 7. The lowest BCUT2D eigenvalue weighted by atomic mass is 9.99. The lowest BCUT2D eigenvalue weighted by Crippen LogP contribution is -2.60. The van der Waals surface area contributed by atoms with Crippen LogP contribution in [0.5, 0.6) is 0 Å². The van der Waals surface area contributed by atoms with Gasteiger partial charge in [-0.25, -0.2) is 0 Å². The van der Waals surface area contributed by atoms with E-state index >= 15 is 0 Å². The summed E-state index contributed by atoms with van der Waals surface area (Å²) in [5.74, 6) is -0.588. The summed E-state index contributed by atoms with van der Waals surface area (Å²) < 4.78 is 11.2.